The highest BCUT2D eigenvalue weighted by Gasteiger charge is 2.18. The molecule has 0 atom stereocenters. The third-order valence-electron chi connectivity index (χ3n) is 2.94. The van der Waals surface area contributed by atoms with E-state index < -0.39 is 0 Å². The van der Waals surface area contributed by atoms with E-state index in [1.54, 1.807) is 17.1 Å². The Labute approximate surface area is 123 Å². The number of hydrogen-bond acceptors (Lipinski definition) is 4. The van der Waals surface area contributed by atoms with Gasteiger partial charge < -0.3 is 4.90 Å². The fraction of sp³-hybridized carbons (Fsp3) is 0.500. The number of carbonyl (C=O) groups excluding carboxylic acids is 1. The monoisotopic (exact) mass is 292 g/mol. The van der Waals surface area contributed by atoms with Gasteiger partial charge in [0, 0.05) is 31.9 Å². The highest BCUT2D eigenvalue weighted by atomic mass is 32.1. The van der Waals surface area contributed by atoms with Gasteiger partial charge in [-0.3, -0.25) is 9.48 Å². The Hall–Kier alpha value is -1.69. The molecule has 6 heteroatoms. The van der Waals surface area contributed by atoms with Crippen LogP contribution in [0, 0.1) is 0 Å². The van der Waals surface area contributed by atoms with Crippen LogP contribution in [0.4, 0.5) is 0 Å². The summed E-state index contributed by atoms with van der Waals surface area (Å²) >= 11 is 1.43. The molecule has 1 amide bonds. The van der Waals surface area contributed by atoms with Gasteiger partial charge in [-0.15, -0.1) is 11.3 Å². The van der Waals surface area contributed by atoms with Crippen molar-refractivity contribution in [3.63, 3.8) is 0 Å². The molecule has 0 saturated carbocycles. The van der Waals surface area contributed by atoms with Gasteiger partial charge in [0.05, 0.1) is 12.4 Å². The van der Waals surface area contributed by atoms with Crippen LogP contribution in [0.5, 0.6) is 0 Å². The smallest absolute Gasteiger partial charge is 0.265 e. The van der Waals surface area contributed by atoms with Crippen molar-refractivity contribution in [1.82, 2.24) is 19.7 Å². The second-order valence-corrected chi connectivity index (χ2v) is 5.76. The third-order valence-corrected chi connectivity index (χ3v) is 3.98. The summed E-state index contributed by atoms with van der Waals surface area (Å²) in [5, 5.41) is 4.97. The van der Waals surface area contributed by atoms with Gasteiger partial charge in [0.2, 0.25) is 0 Å². The first-order chi connectivity index (χ1) is 9.65. The van der Waals surface area contributed by atoms with Crippen LogP contribution in [-0.2, 0) is 7.05 Å². The second-order valence-electron chi connectivity index (χ2n) is 4.72. The number of rotatable bonds is 6. The van der Waals surface area contributed by atoms with E-state index in [-0.39, 0.29) is 5.91 Å². The highest BCUT2D eigenvalue weighted by Crippen LogP contribution is 2.25. The summed E-state index contributed by atoms with van der Waals surface area (Å²) in [6.45, 7) is 5.77. The lowest BCUT2D eigenvalue weighted by Gasteiger charge is -2.20. The minimum Gasteiger partial charge on any atom is -0.338 e. The molecule has 0 N–H and O–H groups in total. The summed E-state index contributed by atoms with van der Waals surface area (Å²) in [6.07, 6.45) is 7.29. The number of thiazole rings is 1. The largest absolute Gasteiger partial charge is 0.338 e. The van der Waals surface area contributed by atoms with Crippen LogP contribution in [0.25, 0.3) is 10.6 Å². The summed E-state index contributed by atoms with van der Waals surface area (Å²) in [4.78, 5) is 19.4. The predicted molar refractivity (Wildman–Crippen MR) is 80.8 cm³/mol. The second kappa shape index (κ2) is 6.65. The van der Waals surface area contributed by atoms with Crippen LogP contribution >= 0.6 is 11.3 Å². The molecule has 2 aromatic heterocycles. The molecule has 0 aliphatic rings. The number of amides is 1. The maximum Gasteiger partial charge on any atom is 0.265 e. The molecule has 108 valence electrons. The summed E-state index contributed by atoms with van der Waals surface area (Å²) in [5.41, 5.74) is 0.953. The zero-order valence-electron chi connectivity index (χ0n) is 12.2. The molecule has 2 rings (SSSR count). The molecular weight excluding hydrogens is 272 g/mol. The van der Waals surface area contributed by atoms with Crippen LogP contribution < -0.4 is 0 Å². The Morgan fingerprint density at radius 1 is 1.30 bits per heavy atom. The topological polar surface area (TPSA) is 51.0 Å². The number of hydrogen-bond donors (Lipinski definition) is 0. The van der Waals surface area contributed by atoms with Gasteiger partial charge in [0.15, 0.2) is 0 Å². The molecule has 2 heterocycles. The highest BCUT2D eigenvalue weighted by molar-refractivity contribution is 7.16. The molecule has 0 saturated heterocycles. The fourth-order valence-corrected chi connectivity index (χ4v) is 2.91. The van der Waals surface area contributed by atoms with Crippen LogP contribution in [0.3, 0.4) is 0 Å². The Kier molecular flexibility index (Phi) is 4.89. The first-order valence-electron chi connectivity index (χ1n) is 6.89. The standard InChI is InChI=1S/C14H20N4OS/c1-4-6-18(7-5-2)14(19)12-9-15-13(20-12)11-8-16-17(3)10-11/h8-10H,4-7H2,1-3H3. The van der Waals surface area contributed by atoms with Gasteiger partial charge in [-0.05, 0) is 12.8 Å². The van der Waals surface area contributed by atoms with Crippen molar-refractivity contribution >= 4 is 17.2 Å². The summed E-state index contributed by atoms with van der Waals surface area (Å²) in [7, 11) is 1.87. The maximum atomic E-state index is 12.5. The normalized spacial score (nSPS) is 10.8. The number of aromatic nitrogens is 3. The van der Waals surface area contributed by atoms with Gasteiger partial charge >= 0.3 is 0 Å². The predicted octanol–water partition coefficient (Wildman–Crippen LogP) is 2.81. The number of carbonyl (C=O) groups is 1. The zero-order chi connectivity index (χ0) is 14.5. The molecule has 0 aromatic carbocycles. The third kappa shape index (κ3) is 3.25. The molecular formula is C14H20N4OS. The van der Waals surface area contributed by atoms with E-state index in [9.17, 15) is 4.79 Å². The van der Waals surface area contributed by atoms with Crippen molar-refractivity contribution in [1.29, 1.82) is 0 Å². The minimum absolute atomic E-state index is 0.0846. The summed E-state index contributed by atoms with van der Waals surface area (Å²) < 4.78 is 1.73. The lowest BCUT2D eigenvalue weighted by Crippen LogP contribution is -2.31. The van der Waals surface area contributed by atoms with Crippen molar-refractivity contribution in [3.05, 3.63) is 23.5 Å². The van der Waals surface area contributed by atoms with Gasteiger partial charge in [-0.2, -0.15) is 5.10 Å². The lowest BCUT2D eigenvalue weighted by atomic mass is 10.3. The quantitative estimate of drug-likeness (QED) is 0.822. The van der Waals surface area contributed by atoms with E-state index in [1.807, 2.05) is 18.1 Å². The molecule has 0 fully saturated rings. The van der Waals surface area contributed by atoms with Crippen molar-refractivity contribution in [2.45, 2.75) is 26.7 Å². The molecule has 0 aliphatic heterocycles. The maximum absolute atomic E-state index is 12.5. The fourth-order valence-electron chi connectivity index (χ4n) is 2.05. The van der Waals surface area contributed by atoms with Gasteiger partial charge in [-0.1, -0.05) is 13.8 Å². The first kappa shape index (κ1) is 14.7. The number of nitrogens with zero attached hydrogens (tertiary/aromatic N) is 4. The van der Waals surface area contributed by atoms with E-state index in [1.165, 1.54) is 11.3 Å². The Balaban J connectivity index is 2.16. The van der Waals surface area contributed by atoms with Crippen LogP contribution in [-0.4, -0.2) is 38.7 Å². The molecule has 0 radical (unpaired) electrons. The van der Waals surface area contributed by atoms with Crippen molar-refractivity contribution in [2.75, 3.05) is 13.1 Å². The molecule has 0 spiro atoms. The Morgan fingerprint density at radius 3 is 2.55 bits per heavy atom. The molecule has 0 unspecified atom stereocenters. The summed E-state index contributed by atoms with van der Waals surface area (Å²) in [5.74, 6) is 0.0846. The first-order valence-corrected chi connectivity index (χ1v) is 7.71. The Morgan fingerprint density at radius 2 is 2.00 bits per heavy atom. The van der Waals surface area contributed by atoms with Gasteiger partial charge in [-0.25, -0.2) is 4.98 Å². The van der Waals surface area contributed by atoms with Gasteiger partial charge in [0.1, 0.15) is 9.88 Å². The molecule has 2 aromatic rings. The van der Waals surface area contributed by atoms with E-state index in [0.29, 0.717) is 4.88 Å². The van der Waals surface area contributed by atoms with Crippen molar-refractivity contribution < 1.29 is 4.79 Å². The lowest BCUT2D eigenvalue weighted by molar-refractivity contribution is 0.0760. The zero-order valence-corrected chi connectivity index (χ0v) is 13.0. The Bertz CT molecular complexity index is 569. The van der Waals surface area contributed by atoms with Crippen LogP contribution in [0.2, 0.25) is 0 Å². The molecule has 0 bridgehead atoms. The average Bonchev–Trinajstić information content (AvgIpc) is 3.06. The van der Waals surface area contributed by atoms with E-state index in [4.69, 9.17) is 0 Å². The minimum atomic E-state index is 0.0846. The molecule has 0 aliphatic carbocycles. The van der Waals surface area contributed by atoms with Crippen molar-refractivity contribution in [2.24, 2.45) is 7.05 Å². The van der Waals surface area contributed by atoms with E-state index >= 15 is 0 Å². The van der Waals surface area contributed by atoms with Crippen LogP contribution in [0.15, 0.2) is 18.6 Å². The average molecular weight is 292 g/mol. The molecule has 20 heavy (non-hydrogen) atoms. The molecule has 5 nitrogen and oxygen atoms in total. The summed E-state index contributed by atoms with van der Waals surface area (Å²) in [6, 6.07) is 0. The van der Waals surface area contributed by atoms with Crippen LogP contribution in [0.1, 0.15) is 36.4 Å². The van der Waals surface area contributed by atoms with E-state index in [2.05, 4.69) is 23.9 Å². The van der Waals surface area contributed by atoms with Crippen molar-refractivity contribution in [3.8, 4) is 10.6 Å². The number of aryl methyl sites for hydroxylation is 1. The SMILES string of the molecule is CCCN(CCC)C(=O)c1cnc(-c2cnn(C)c2)s1. The van der Waals surface area contributed by atoms with Gasteiger partial charge in [0.25, 0.3) is 5.91 Å². The van der Waals surface area contributed by atoms with E-state index in [0.717, 1.165) is 36.5 Å².